The van der Waals surface area contributed by atoms with Crippen LogP contribution in [-0.2, 0) is 9.59 Å². The molecule has 0 aromatic carbocycles. The molecule has 0 heterocycles. The second-order valence-corrected chi connectivity index (χ2v) is 4.28. The van der Waals surface area contributed by atoms with E-state index in [0.29, 0.717) is 0 Å². The van der Waals surface area contributed by atoms with Gasteiger partial charge in [0.1, 0.15) is 6.42 Å². The van der Waals surface area contributed by atoms with E-state index in [4.69, 9.17) is 10.2 Å². The minimum absolute atomic E-state index is 0. The average molecular weight is 282 g/mol. The molecule has 0 rings (SSSR count). The number of hydrogen-bond donors (Lipinski definition) is 2. The molecule has 0 aliphatic rings. The van der Waals surface area contributed by atoms with Crippen molar-refractivity contribution in [1.82, 2.24) is 0 Å². The van der Waals surface area contributed by atoms with Crippen LogP contribution in [0.4, 0.5) is 0 Å². The van der Waals surface area contributed by atoms with Gasteiger partial charge in [0, 0.05) is 0 Å². The molecule has 0 aliphatic carbocycles. The Bertz CT molecular complexity index is 188. The Hall–Kier alpha value is -0.0600. The molecule has 0 amide bonds. The van der Waals surface area contributed by atoms with Crippen molar-refractivity contribution in [3.05, 3.63) is 6.42 Å². The number of hydrogen-bond acceptors (Lipinski definition) is 2. The summed E-state index contributed by atoms with van der Waals surface area (Å²) in [5, 5.41) is 15.4. The molecular weight excluding hydrogens is 255 g/mol. The van der Waals surface area contributed by atoms with Gasteiger partial charge in [0.2, 0.25) is 0 Å². The SMILES string of the molecule is C[CH-]CCCCCCCCC.O=C(O)CC(=O)O.[Na+]. The van der Waals surface area contributed by atoms with Crippen LogP contribution in [0.5, 0.6) is 0 Å². The molecule has 0 unspecified atom stereocenters. The van der Waals surface area contributed by atoms with Gasteiger partial charge in [-0.15, -0.1) is 0 Å². The van der Waals surface area contributed by atoms with Crippen molar-refractivity contribution in [2.75, 3.05) is 0 Å². The molecule has 0 aromatic rings. The van der Waals surface area contributed by atoms with Gasteiger partial charge in [0.05, 0.1) is 0 Å². The van der Waals surface area contributed by atoms with Crippen LogP contribution in [0.15, 0.2) is 0 Å². The first-order chi connectivity index (χ1) is 8.54. The number of aliphatic carboxylic acids is 2. The second kappa shape index (κ2) is 20.3. The van der Waals surface area contributed by atoms with Crippen LogP contribution in [0.2, 0.25) is 0 Å². The van der Waals surface area contributed by atoms with E-state index in [0.717, 1.165) is 0 Å². The topological polar surface area (TPSA) is 74.6 Å². The molecule has 0 fully saturated rings. The maximum absolute atomic E-state index is 9.43. The Morgan fingerprint density at radius 1 is 0.895 bits per heavy atom. The van der Waals surface area contributed by atoms with Crippen molar-refractivity contribution >= 4 is 11.9 Å². The van der Waals surface area contributed by atoms with Gasteiger partial charge in [0.15, 0.2) is 0 Å². The van der Waals surface area contributed by atoms with Gasteiger partial charge in [-0.05, 0) is 0 Å². The predicted octanol–water partition coefficient (Wildman–Crippen LogP) is 0.901. The summed E-state index contributed by atoms with van der Waals surface area (Å²) in [6, 6.07) is 0. The summed E-state index contributed by atoms with van der Waals surface area (Å²) in [7, 11) is 0. The molecule has 19 heavy (non-hydrogen) atoms. The van der Waals surface area contributed by atoms with Crippen LogP contribution in [-0.4, -0.2) is 22.2 Å². The standard InChI is InChI=1S/C11H23.C3H4O4.Na/c1-3-5-7-9-11-10-8-6-4-2;4-2(5)1-3(6)7;/h3H,4-11H2,1-2H3;1H2,(H,4,5)(H,6,7);/q-1;;+1. The Balaban J connectivity index is -0.000000280. The van der Waals surface area contributed by atoms with E-state index in [2.05, 4.69) is 20.3 Å². The number of unbranched alkanes of at least 4 members (excludes halogenated alkanes) is 8. The van der Waals surface area contributed by atoms with Gasteiger partial charge in [-0.3, -0.25) is 9.59 Å². The molecule has 0 spiro atoms. The molecule has 4 nitrogen and oxygen atoms in total. The zero-order chi connectivity index (χ0) is 14.2. The molecule has 0 atom stereocenters. The summed E-state index contributed by atoms with van der Waals surface area (Å²) in [4.78, 5) is 18.9. The number of carbonyl (C=O) groups is 2. The van der Waals surface area contributed by atoms with Crippen LogP contribution < -0.4 is 29.6 Å². The van der Waals surface area contributed by atoms with Crippen molar-refractivity contribution in [2.45, 2.75) is 71.6 Å². The fraction of sp³-hybridized carbons (Fsp3) is 0.786. The van der Waals surface area contributed by atoms with Crippen molar-refractivity contribution in [2.24, 2.45) is 0 Å². The van der Waals surface area contributed by atoms with Crippen molar-refractivity contribution in [1.29, 1.82) is 0 Å². The normalized spacial score (nSPS) is 8.95. The average Bonchev–Trinajstić information content (AvgIpc) is 2.27. The van der Waals surface area contributed by atoms with Crippen LogP contribution in [0.3, 0.4) is 0 Å². The second-order valence-electron chi connectivity index (χ2n) is 4.28. The van der Waals surface area contributed by atoms with Crippen molar-refractivity contribution in [3.63, 3.8) is 0 Å². The van der Waals surface area contributed by atoms with Crippen LogP contribution >= 0.6 is 0 Å². The maximum atomic E-state index is 9.43. The van der Waals surface area contributed by atoms with Gasteiger partial charge in [-0.2, -0.15) is 13.3 Å². The van der Waals surface area contributed by atoms with E-state index in [1.165, 1.54) is 51.4 Å². The minimum Gasteiger partial charge on any atom is -0.481 e. The first-order valence-electron chi connectivity index (χ1n) is 6.76. The van der Waals surface area contributed by atoms with Gasteiger partial charge >= 0.3 is 41.5 Å². The third kappa shape index (κ3) is 32.0. The van der Waals surface area contributed by atoms with Gasteiger partial charge in [-0.1, -0.05) is 51.9 Å². The Kier molecular flexibility index (Phi) is 25.6. The van der Waals surface area contributed by atoms with E-state index >= 15 is 0 Å². The molecule has 0 saturated carbocycles. The Morgan fingerprint density at radius 3 is 1.63 bits per heavy atom. The van der Waals surface area contributed by atoms with E-state index in [9.17, 15) is 9.59 Å². The quantitative estimate of drug-likeness (QED) is 0.270. The predicted molar refractivity (Wildman–Crippen MR) is 72.5 cm³/mol. The molecule has 108 valence electrons. The molecule has 0 aromatic heterocycles. The number of carboxylic acid groups (broad SMARTS) is 2. The third-order valence-electron chi connectivity index (χ3n) is 2.40. The van der Waals surface area contributed by atoms with Crippen LogP contribution in [0.25, 0.3) is 0 Å². The molecule has 0 saturated heterocycles. The molecule has 0 radical (unpaired) electrons. The summed E-state index contributed by atoms with van der Waals surface area (Å²) < 4.78 is 0. The van der Waals surface area contributed by atoms with Crippen molar-refractivity contribution in [3.8, 4) is 0 Å². The number of carboxylic acids is 2. The third-order valence-corrected chi connectivity index (χ3v) is 2.40. The molecule has 0 bridgehead atoms. The van der Waals surface area contributed by atoms with Crippen LogP contribution in [0.1, 0.15) is 71.6 Å². The molecular formula is C14H27NaO4. The Morgan fingerprint density at radius 2 is 1.32 bits per heavy atom. The monoisotopic (exact) mass is 282 g/mol. The summed E-state index contributed by atoms with van der Waals surface area (Å²) in [6.07, 6.45) is 12.8. The summed E-state index contributed by atoms with van der Waals surface area (Å²) >= 11 is 0. The number of rotatable bonds is 10. The largest absolute Gasteiger partial charge is 1.00 e. The maximum Gasteiger partial charge on any atom is 1.00 e. The van der Waals surface area contributed by atoms with E-state index in [1.54, 1.807) is 0 Å². The first-order valence-corrected chi connectivity index (χ1v) is 6.76. The van der Waals surface area contributed by atoms with Gasteiger partial charge < -0.3 is 16.6 Å². The zero-order valence-electron chi connectivity index (χ0n) is 12.7. The molecule has 0 aliphatic heterocycles. The minimum atomic E-state index is -1.31. The van der Waals surface area contributed by atoms with E-state index < -0.39 is 18.4 Å². The van der Waals surface area contributed by atoms with Gasteiger partial charge in [-0.25, -0.2) is 0 Å². The first kappa shape index (κ1) is 24.0. The summed E-state index contributed by atoms with van der Waals surface area (Å²) in [5.74, 6) is -2.62. The van der Waals surface area contributed by atoms with E-state index in [-0.39, 0.29) is 29.6 Å². The van der Waals surface area contributed by atoms with Gasteiger partial charge in [0.25, 0.3) is 0 Å². The van der Waals surface area contributed by atoms with Crippen LogP contribution in [0, 0.1) is 6.42 Å². The summed E-state index contributed by atoms with van der Waals surface area (Å²) in [6.45, 7) is 4.42. The molecule has 2 N–H and O–H groups in total. The molecule has 5 heteroatoms. The fourth-order valence-corrected chi connectivity index (χ4v) is 1.43. The zero-order valence-corrected chi connectivity index (χ0v) is 14.7. The summed E-state index contributed by atoms with van der Waals surface area (Å²) in [5.41, 5.74) is 0. The van der Waals surface area contributed by atoms with E-state index in [1.807, 2.05) is 0 Å². The fourth-order valence-electron chi connectivity index (χ4n) is 1.43. The van der Waals surface area contributed by atoms with Crippen molar-refractivity contribution < 1.29 is 49.4 Å². The smallest absolute Gasteiger partial charge is 0.481 e. The Labute approximate surface area is 139 Å².